The molecule has 5 nitrogen and oxygen atoms in total. The first-order valence-electron chi connectivity index (χ1n) is 8.19. The van der Waals surface area contributed by atoms with Gasteiger partial charge in [0, 0.05) is 34.2 Å². The second-order valence-electron chi connectivity index (χ2n) is 6.05. The molecule has 0 atom stereocenters. The van der Waals surface area contributed by atoms with Gasteiger partial charge < -0.3 is 15.1 Å². The molecule has 1 amide bonds. The number of nitrogens with one attached hydrogen (secondary N) is 1. The average molecular weight is 318 g/mol. The van der Waals surface area contributed by atoms with Crippen molar-refractivity contribution in [3.63, 3.8) is 0 Å². The van der Waals surface area contributed by atoms with Gasteiger partial charge in [0.05, 0.1) is 0 Å². The number of carbonyl (C=O) groups is 1. The summed E-state index contributed by atoms with van der Waals surface area (Å²) >= 11 is 0. The minimum absolute atomic E-state index is 0.00327. The SMILES string of the molecule is CCCCNC(=NCC(=O)N(C)C)N(C)Cc1ccc(C)cc1. The van der Waals surface area contributed by atoms with E-state index >= 15 is 0 Å². The number of rotatable bonds is 7. The maximum absolute atomic E-state index is 11.8. The molecule has 5 heteroatoms. The normalized spacial score (nSPS) is 11.3. The van der Waals surface area contributed by atoms with Gasteiger partial charge >= 0.3 is 0 Å². The largest absolute Gasteiger partial charge is 0.356 e. The van der Waals surface area contributed by atoms with Crippen LogP contribution in [-0.4, -0.2) is 55.9 Å². The molecule has 0 aromatic heterocycles. The highest BCUT2D eigenvalue weighted by Crippen LogP contribution is 2.06. The summed E-state index contributed by atoms with van der Waals surface area (Å²) in [5, 5.41) is 3.35. The monoisotopic (exact) mass is 318 g/mol. The Bertz CT molecular complexity index is 508. The number of hydrogen-bond acceptors (Lipinski definition) is 2. The first kappa shape index (κ1) is 19.0. The summed E-state index contributed by atoms with van der Waals surface area (Å²) in [6.45, 7) is 6.03. The van der Waals surface area contributed by atoms with Gasteiger partial charge in [-0.25, -0.2) is 4.99 Å². The lowest BCUT2D eigenvalue weighted by Crippen LogP contribution is -2.40. The van der Waals surface area contributed by atoms with Crippen molar-refractivity contribution in [1.82, 2.24) is 15.1 Å². The molecule has 23 heavy (non-hydrogen) atoms. The van der Waals surface area contributed by atoms with Gasteiger partial charge in [0.1, 0.15) is 6.54 Å². The van der Waals surface area contributed by atoms with Crippen molar-refractivity contribution in [3.8, 4) is 0 Å². The Kier molecular flexibility index (Phi) is 8.16. The van der Waals surface area contributed by atoms with Gasteiger partial charge in [-0.1, -0.05) is 43.2 Å². The van der Waals surface area contributed by atoms with Crippen LogP contribution in [0.25, 0.3) is 0 Å². The molecule has 0 bridgehead atoms. The molecular formula is C18H30N4O. The molecule has 0 radical (unpaired) electrons. The van der Waals surface area contributed by atoms with Crippen LogP contribution in [0, 0.1) is 6.92 Å². The molecular weight excluding hydrogens is 288 g/mol. The van der Waals surface area contributed by atoms with Crippen LogP contribution in [-0.2, 0) is 11.3 Å². The van der Waals surface area contributed by atoms with Crippen molar-refractivity contribution in [1.29, 1.82) is 0 Å². The molecule has 1 aromatic rings. The van der Waals surface area contributed by atoms with Crippen molar-refractivity contribution < 1.29 is 4.79 Å². The molecule has 0 spiro atoms. The number of aliphatic imine (C=N–C) groups is 1. The standard InChI is InChI=1S/C18H30N4O/c1-6-7-12-19-18(20-13-17(23)21(3)4)22(5)14-16-10-8-15(2)9-11-16/h8-11H,6-7,12-14H2,1-5H3,(H,19,20). The van der Waals surface area contributed by atoms with E-state index in [1.54, 1.807) is 19.0 Å². The van der Waals surface area contributed by atoms with Crippen molar-refractivity contribution >= 4 is 11.9 Å². The van der Waals surface area contributed by atoms with Crippen LogP contribution in [0.1, 0.15) is 30.9 Å². The van der Waals surface area contributed by atoms with E-state index in [1.807, 2.05) is 7.05 Å². The van der Waals surface area contributed by atoms with Gasteiger partial charge in [-0.15, -0.1) is 0 Å². The fourth-order valence-corrected chi connectivity index (χ4v) is 2.01. The molecule has 0 aliphatic rings. The first-order chi connectivity index (χ1) is 10.9. The molecule has 0 saturated carbocycles. The molecule has 0 aliphatic carbocycles. The number of benzene rings is 1. The Morgan fingerprint density at radius 3 is 2.39 bits per heavy atom. The van der Waals surface area contributed by atoms with Crippen LogP contribution in [0.15, 0.2) is 29.3 Å². The van der Waals surface area contributed by atoms with Gasteiger partial charge in [-0.05, 0) is 18.9 Å². The number of amides is 1. The smallest absolute Gasteiger partial charge is 0.243 e. The highest BCUT2D eigenvalue weighted by atomic mass is 16.2. The number of hydrogen-bond donors (Lipinski definition) is 1. The molecule has 1 rings (SSSR count). The lowest BCUT2D eigenvalue weighted by molar-refractivity contribution is -0.127. The zero-order valence-electron chi connectivity index (χ0n) is 15.1. The molecule has 0 heterocycles. The summed E-state index contributed by atoms with van der Waals surface area (Å²) in [4.78, 5) is 19.9. The Labute approximate surface area is 140 Å². The molecule has 0 fully saturated rings. The first-order valence-corrected chi connectivity index (χ1v) is 8.19. The average Bonchev–Trinajstić information content (AvgIpc) is 2.52. The van der Waals surface area contributed by atoms with E-state index in [9.17, 15) is 4.79 Å². The second kappa shape index (κ2) is 9.87. The summed E-state index contributed by atoms with van der Waals surface area (Å²) in [6.07, 6.45) is 2.21. The van der Waals surface area contributed by atoms with Gasteiger partial charge in [-0.2, -0.15) is 0 Å². The van der Waals surface area contributed by atoms with Crippen LogP contribution >= 0.6 is 0 Å². The third kappa shape index (κ3) is 7.17. The number of nitrogens with zero attached hydrogens (tertiary/aromatic N) is 3. The van der Waals surface area contributed by atoms with Crippen LogP contribution in [0.5, 0.6) is 0 Å². The number of carbonyl (C=O) groups excluding carboxylic acids is 1. The Morgan fingerprint density at radius 1 is 1.17 bits per heavy atom. The molecule has 0 unspecified atom stereocenters. The lowest BCUT2D eigenvalue weighted by atomic mass is 10.1. The fourth-order valence-electron chi connectivity index (χ4n) is 2.01. The third-order valence-electron chi connectivity index (χ3n) is 3.58. The van der Waals surface area contributed by atoms with Crippen molar-refractivity contribution in [2.75, 3.05) is 34.2 Å². The maximum atomic E-state index is 11.8. The topological polar surface area (TPSA) is 47.9 Å². The van der Waals surface area contributed by atoms with E-state index in [0.717, 1.165) is 31.9 Å². The van der Waals surface area contributed by atoms with E-state index in [2.05, 4.69) is 53.3 Å². The molecule has 128 valence electrons. The van der Waals surface area contributed by atoms with E-state index in [4.69, 9.17) is 0 Å². The fraction of sp³-hybridized carbons (Fsp3) is 0.556. The predicted molar refractivity (Wildman–Crippen MR) is 96.6 cm³/mol. The summed E-state index contributed by atoms with van der Waals surface area (Å²) in [7, 11) is 5.49. The van der Waals surface area contributed by atoms with Crippen molar-refractivity contribution in [2.45, 2.75) is 33.2 Å². The minimum Gasteiger partial charge on any atom is -0.356 e. The zero-order chi connectivity index (χ0) is 17.2. The quantitative estimate of drug-likeness (QED) is 0.476. The molecule has 1 aromatic carbocycles. The predicted octanol–water partition coefficient (Wildman–Crippen LogP) is 2.26. The lowest BCUT2D eigenvalue weighted by Gasteiger charge is -2.23. The highest BCUT2D eigenvalue weighted by molar-refractivity contribution is 5.84. The maximum Gasteiger partial charge on any atom is 0.243 e. The van der Waals surface area contributed by atoms with E-state index in [1.165, 1.54) is 11.1 Å². The summed E-state index contributed by atoms with van der Waals surface area (Å²) in [5.41, 5.74) is 2.48. The Hall–Kier alpha value is -2.04. The molecule has 0 aliphatic heterocycles. The van der Waals surface area contributed by atoms with Gasteiger partial charge in [0.2, 0.25) is 5.91 Å². The number of unbranched alkanes of at least 4 members (excludes halogenated alkanes) is 1. The van der Waals surface area contributed by atoms with Gasteiger partial charge in [0.25, 0.3) is 0 Å². The highest BCUT2D eigenvalue weighted by Gasteiger charge is 2.09. The van der Waals surface area contributed by atoms with Crippen LogP contribution < -0.4 is 5.32 Å². The van der Waals surface area contributed by atoms with E-state index in [-0.39, 0.29) is 12.5 Å². The number of likely N-dealkylation sites (N-methyl/N-ethyl adjacent to an activating group) is 1. The Balaban J connectivity index is 2.73. The van der Waals surface area contributed by atoms with E-state index < -0.39 is 0 Å². The number of guanidine groups is 1. The van der Waals surface area contributed by atoms with Gasteiger partial charge in [0.15, 0.2) is 5.96 Å². The zero-order valence-corrected chi connectivity index (χ0v) is 15.1. The minimum atomic E-state index is 0.00327. The Morgan fingerprint density at radius 2 is 1.83 bits per heavy atom. The van der Waals surface area contributed by atoms with Crippen LogP contribution in [0.2, 0.25) is 0 Å². The van der Waals surface area contributed by atoms with Gasteiger partial charge in [-0.3, -0.25) is 4.79 Å². The second-order valence-corrected chi connectivity index (χ2v) is 6.05. The molecule has 1 N–H and O–H groups in total. The summed E-state index contributed by atoms with van der Waals surface area (Å²) < 4.78 is 0. The number of aryl methyl sites for hydroxylation is 1. The van der Waals surface area contributed by atoms with E-state index in [0.29, 0.717) is 0 Å². The van der Waals surface area contributed by atoms with Crippen molar-refractivity contribution in [3.05, 3.63) is 35.4 Å². The van der Waals surface area contributed by atoms with Crippen molar-refractivity contribution in [2.24, 2.45) is 4.99 Å². The third-order valence-corrected chi connectivity index (χ3v) is 3.58. The molecule has 0 saturated heterocycles. The summed E-state index contributed by atoms with van der Waals surface area (Å²) in [5.74, 6) is 0.776. The van der Waals surface area contributed by atoms with Crippen LogP contribution in [0.4, 0.5) is 0 Å². The summed E-state index contributed by atoms with van der Waals surface area (Å²) in [6, 6.07) is 8.47. The van der Waals surface area contributed by atoms with Crippen LogP contribution in [0.3, 0.4) is 0 Å².